The van der Waals surface area contributed by atoms with Crippen molar-refractivity contribution >= 4 is 11.4 Å². The molecule has 0 saturated carbocycles. The predicted octanol–water partition coefficient (Wildman–Crippen LogP) is 2.96. The van der Waals surface area contributed by atoms with E-state index >= 15 is 0 Å². The smallest absolute Gasteiger partial charge is 0.120 e. The van der Waals surface area contributed by atoms with E-state index in [1.807, 2.05) is 30.3 Å². The molecule has 0 aliphatic heterocycles. The minimum atomic E-state index is 0.656. The third kappa shape index (κ3) is 3.06. The van der Waals surface area contributed by atoms with Gasteiger partial charge in [-0.3, -0.25) is 0 Å². The predicted molar refractivity (Wildman–Crippen MR) is 80.3 cm³/mol. The standard InChI is InChI=1S/C16H20N2O/c1-18(14-7-5-8-15(12-14)19-2)16-9-4-3-6-13(16)10-11-17/h3-9,12H,10-11,17H2,1-2H3. The van der Waals surface area contributed by atoms with Crippen LogP contribution in [0, 0.1) is 0 Å². The van der Waals surface area contributed by atoms with Gasteiger partial charge in [-0.25, -0.2) is 0 Å². The van der Waals surface area contributed by atoms with E-state index in [1.165, 1.54) is 11.3 Å². The van der Waals surface area contributed by atoms with Crippen molar-refractivity contribution in [1.82, 2.24) is 0 Å². The Balaban J connectivity index is 2.35. The van der Waals surface area contributed by atoms with Gasteiger partial charge in [0.15, 0.2) is 0 Å². The molecule has 0 heterocycles. The van der Waals surface area contributed by atoms with Crippen LogP contribution in [0.1, 0.15) is 5.56 Å². The Labute approximate surface area is 114 Å². The molecule has 2 N–H and O–H groups in total. The number of anilines is 2. The molecular formula is C16H20N2O. The molecule has 0 aromatic heterocycles. The summed E-state index contributed by atoms with van der Waals surface area (Å²) in [6.07, 6.45) is 0.879. The topological polar surface area (TPSA) is 38.5 Å². The van der Waals surface area contributed by atoms with E-state index in [2.05, 4.69) is 30.1 Å². The van der Waals surface area contributed by atoms with Gasteiger partial charge >= 0.3 is 0 Å². The highest BCUT2D eigenvalue weighted by molar-refractivity contribution is 5.66. The summed E-state index contributed by atoms with van der Waals surface area (Å²) in [5, 5.41) is 0. The maximum atomic E-state index is 5.68. The molecule has 2 rings (SSSR count). The average Bonchev–Trinajstić information content (AvgIpc) is 2.47. The molecule has 2 aromatic rings. The highest BCUT2D eigenvalue weighted by Crippen LogP contribution is 2.29. The maximum absolute atomic E-state index is 5.68. The number of para-hydroxylation sites is 1. The molecule has 3 nitrogen and oxygen atoms in total. The van der Waals surface area contributed by atoms with E-state index < -0.39 is 0 Å². The Morgan fingerprint density at radius 1 is 1.11 bits per heavy atom. The first kappa shape index (κ1) is 13.4. The third-order valence-corrected chi connectivity index (χ3v) is 3.21. The van der Waals surface area contributed by atoms with Gasteiger partial charge in [-0.2, -0.15) is 0 Å². The van der Waals surface area contributed by atoms with Crippen molar-refractivity contribution in [1.29, 1.82) is 0 Å². The number of hydrogen-bond donors (Lipinski definition) is 1. The Morgan fingerprint density at radius 3 is 2.63 bits per heavy atom. The Morgan fingerprint density at radius 2 is 1.89 bits per heavy atom. The number of ether oxygens (including phenoxy) is 1. The fourth-order valence-corrected chi connectivity index (χ4v) is 2.16. The lowest BCUT2D eigenvalue weighted by Crippen LogP contribution is -2.13. The summed E-state index contributed by atoms with van der Waals surface area (Å²) in [6, 6.07) is 16.4. The zero-order chi connectivity index (χ0) is 13.7. The minimum Gasteiger partial charge on any atom is -0.497 e. The van der Waals surface area contributed by atoms with E-state index in [4.69, 9.17) is 10.5 Å². The first-order chi connectivity index (χ1) is 9.26. The van der Waals surface area contributed by atoms with E-state index in [0.29, 0.717) is 6.54 Å². The lowest BCUT2D eigenvalue weighted by atomic mass is 10.1. The van der Waals surface area contributed by atoms with Gasteiger partial charge in [0.25, 0.3) is 0 Å². The molecule has 19 heavy (non-hydrogen) atoms. The molecule has 0 bridgehead atoms. The van der Waals surface area contributed by atoms with Gasteiger partial charge < -0.3 is 15.4 Å². The lowest BCUT2D eigenvalue weighted by molar-refractivity contribution is 0.415. The van der Waals surface area contributed by atoms with Crippen LogP contribution in [-0.4, -0.2) is 20.7 Å². The fraction of sp³-hybridized carbons (Fsp3) is 0.250. The minimum absolute atomic E-state index is 0.656. The second kappa shape index (κ2) is 6.25. The fourth-order valence-electron chi connectivity index (χ4n) is 2.16. The van der Waals surface area contributed by atoms with Crippen molar-refractivity contribution in [2.45, 2.75) is 6.42 Å². The highest BCUT2D eigenvalue weighted by Gasteiger charge is 2.08. The van der Waals surface area contributed by atoms with Gasteiger partial charge in [0.05, 0.1) is 7.11 Å². The largest absolute Gasteiger partial charge is 0.497 e. The number of benzene rings is 2. The van der Waals surface area contributed by atoms with Gasteiger partial charge in [-0.15, -0.1) is 0 Å². The number of hydrogen-bond acceptors (Lipinski definition) is 3. The molecular weight excluding hydrogens is 236 g/mol. The monoisotopic (exact) mass is 256 g/mol. The van der Waals surface area contributed by atoms with Crippen LogP contribution in [0.5, 0.6) is 5.75 Å². The quantitative estimate of drug-likeness (QED) is 0.894. The maximum Gasteiger partial charge on any atom is 0.120 e. The number of nitrogens with zero attached hydrogens (tertiary/aromatic N) is 1. The van der Waals surface area contributed by atoms with Crippen molar-refractivity contribution in [3.05, 3.63) is 54.1 Å². The lowest BCUT2D eigenvalue weighted by Gasteiger charge is -2.23. The summed E-state index contributed by atoms with van der Waals surface area (Å²) in [6.45, 7) is 0.656. The second-order valence-electron chi connectivity index (χ2n) is 4.43. The van der Waals surface area contributed by atoms with Crippen LogP contribution in [0.15, 0.2) is 48.5 Å². The van der Waals surface area contributed by atoms with Gasteiger partial charge in [0.1, 0.15) is 5.75 Å². The zero-order valence-electron chi connectivity index (χ0n) is 11.5. The van der Waals surface area contributed by atoms with Crippen molar-refractivity contribution in [2.75, 3.05) is 25.6 Å². The number of nitrogens with two attached hydrogens (primary N) is 1. The molecule has 0 radical (unpaired) electrons. The highest BCUT2D eigenvalue weighted by atomic mass is 16.5. The summed E-state index contributed by atoms with van der Waals surface area (Å²) in [4.78, 5) is 2.16. The Bertz CT molecular complexity index is 540. The normalized spacial score (nSPS) is 10.3. The summed E-state index contributed by atoms with van der Waals surface area (Å²) in [5.74, 6) is 0.862. The van der Waals surface area contributed by atoms with Crippen LogP contribution in [0.2, 0.25) is 0 Å². The van der Waals surface area contributed by atoms with Gasteiger partial charge in [-0.1, -0.05) is 24.3 Å². The zero-order valence-corrected chi connectivity index (χ0v) is 11.5. The van der Waals surface area contributed by atoms with E-state index in [0.717, 1.165) is 17.9 Å². The Kier molecular flexibility index (Phi) is 4.42. The van der Waals surface area contributed by atoms with Crippen LogP contribution >= 0.6 is 0 Å². The van der Waals surface area contributed by atoms with Crippen LogP contribution in [-0.2, 0) is 6.42 Å². The first-order valence-corrected chi connectivity index (χ1v) is 6.42. The summed E-state index contributed by atoms with van der Waals surface area (Å²) >= 11 is 0. The molecule has 0 spiro atoms. The Hall–Kier alpha value is -2.00. The summed E-state index contributed by atoms with van der Waals surface area (Å²) in [7, 11) is 3.74. The molecule has 0 atom stereocenters. The average molecular weight is 256 g/mol. The van der Waals surface area contributed by atoms with Gasteiger partial charge in [-0.05, 0) is 36.7 Å². The van der Waals surface area contributed by atoms with Gasteiger partial charge in [0.2, 0.25) is 0 Å². The number of rotatable bonds is 5. The first-order valence-electron chi connectivity index (χ1n) is 6.42. The summed E-state index contributed by atoms with van der Waals surface area (Å²) in [5.41, 5.74) is 9.22. The van der Waals surface area contributed by atoms with Crippen molar-refractivity contribution in [3.8, 4) is 5.75 Å². The van der Waals surface area contributed by atoms with E-state index in [-0.39, 0.29) is 0 Å². The third-order valence-electron chi connectivity index (χ3n) is 3.21. The second-order valence-corrected chi connectivity index (χ2v) is 4.43. The molecule has 0 fully saturated rings. The van der Waals surface area contributed by atoms with Crippen LogP contribution in [0.3, 0.4) is 0 Å². The SMILES string of the molecule is COc1cccc(N(C)c2ccccc2CCN)c1. The molecule has 2 aromatic carbocycles. The number of methoxy groups -OCH3 is 1. The van der Waals surface area contributed by atoms with Crippen molar-refractivity contribution in [3.63, 3.8) is 0 Å². The molecule has 0 aliphatic carbocycles. The molecule has 0 aliphatic rings. The van der Waals surface area contributed by atoms with Crippen LogP contribution < -0.4 is 15.4 Å². The van der Waals surface area contributed by atoms with Crippen molar-refractivity contribution < 1.29 is 4.74 Å². The van der Waals surface area contributed by atoms with E-state index in [9.17, 15) is 0 Å². The molecule has 0 saturated heterocycles. The van der Waals surface area contributed by atoms with Gasteiger partial charge in [0, 0.05) is 24.5 Å². The summed E-state index contributed by atoms with van der Waals surface area (Å²) < 4.78 is 5.27. The molecule has 3 heteroatoms. The molecule has 100 valence electrons. The van der Waals surface area contributed by atoms with Crippen LogP contribution in [0.4, 0.5) is 11.4 Å². The van der Waals surface area contributed by atoms with Crippen molar-refractivity contribution in [2.24, 2.45) is 5.73 Å². The molecule has 0 unspecified atom stereocenters. The van der Waals surface area contributed by atoms with Crippen LogP contribution in [0.25, 0.3) is 0 Å². The van der Waals surface area contributed by atoms with E-state index in [1.54, 1.807) is 7.11 Å². The molecule has 0 amide bonds.